The number of aliphatic hydroxyl groups excluding tert-OH is 8. The average molecular weight is 1050 g/mol. The second kappa shape index (κ2) is 23.3. The zero-order valence-corrected chi connectivity index (χ0v) is 40.1. The lowest BCUT2D eigenvalue weighted by Crippen LogP contribution is -2.21. The number of H-pyrrole nitrogens is 2. The van der Waals surface area contributed by atoms with Gasteiger partial charge in [0.25, 0.3) is 0 Å². The van der Waals surface area contributed by atoms with Gasteiger partial charge in [-0.15, -0.1) is 0 Å². The summed E-state index contributed by atoms with van der Waals surface area (Å²) in [4.78, 5) is 16.9. The van der Waals surface area contributed by atoms with Crippen LogP contribution in [-0.2, 0) is 0 Å². The first-order chi connectivity index (χ1) is 36.8. The Kier molecular flexibility index (Phi) is 16.2. The number of aromatic nitrogens is 4. The minimum atomic E-state index is -1.31. The average Bonchev–Trinajstić information content (AvgIpc) is 4.30. The third-order valence-corrected chi connectivity index (χ3v) is 12.2. The van der Waals surface area contributed by atoms with Crippen LogP contribution >= 0.6 is 0 Å². The van der Waals surface area contributed by atoms with Crippen LogP contribution < -0.4 is 18.9 Å². The van der Waals surface area contributed by atoms with Crippen LogP contribution in [0.3, 0.4) is 0 Å². The molecule has 9 rings (SSSR count). The zero-order chi connectivity index (χ0) is 53.6. The van der Waals surface area contributed by atoms with Crippen LogP contribution in [0, 0.1) is 23.3 Å². The molecule has 76 heavy (non-hydrogen) atoms. The van der Waals surface area contributed by atoms with E-state index in [2.05, 4.69) is 9.97 Å². The highest BCUT2D eigenvalue weighted by Gasteiger charge is 2.24. The summed E-state index contributed by atoms with van der Waals surface area (Å²) in [6, 6.07) is 23.5. The molecule has 394 valence electrons. The van der Waals surface area contributed by atoms with Gasteiger partial charge in [-0.3, -0.25) is 0 Å². The molecule has 7 aromatic rings. The van der Waals surface area contributed by atoms with Crippen molar-refractivity contribution in [3.8, 4) is 67.5 Å². The highest BCUT2D eigenvalue weighted by Crippen LogP contribution is 2.41. The van der Waals surface area contributed by atoms with Gasteiger partial charge >= 0.3 is 0 Å². The first-order valence-corrected chi connectivity index (χ1v) is 23.8. The van der Waals surface area contributed by atoms with Crippen molar-refractivity contribution in [2.45, 2.75) is 24.4 Å². The van der Waals surface area contributed by atoms with Gasteiger partial charge in [-0.2, -0.15) is 0 Å². The van der Waals surface area contributed by atoms with Crippen molar-refractivity contribution < 1.29 is 77.4 Å². The van der Waals surface area contributed by atoms with Crippen molar-refractivity contribution in [3.05, 3.63) is 143 Å². The van der Waals surface area contributed by atoms with Gasteiger partial charge in [0, 0.05) is 49.9 Å². The van der Waals surface area contributed by atoms with Gasteiger partial charge in [-0.25, -0.2) is 27.5 Å². The molecule has 4 atom stereocenters. The lowest BCUT2D eigenvalue weighted by molar-refractivity contribution is 0.0523. The molecule has 0 saturated heterocycles. The number of fused-ring (bicyclic) bond motifs is 8. The summed E-state index contributed by atoms with van der Waals surface area (Å²) in [5.74, 6) is -4.21. The molecule has 0 amide bonds. The summed E-state index contributed by atoms with van der Waals surface area (Å²) in [7, 11) is 0. The van der Waals surface area contributed by atoms with Crippen LogP contribution in [0.5, 0.6) is 23.0 Å². The van der Waals surface area contributed by atoms with Crippen molar-refractivity contribution in [2.24, 2.45) is 0 Å². The molecule has 0 aliphatic carbocycles. The van der Waals surface area contributed by atoms with Gasteiger partial charge in [-0.05, 0) is 108 Å². The van der Waals surface area contributed by atoms with E-state index in [0.29, 0.717) is 44.3 Å². The van der Waals surface area contributed by atoms with Crippen LogP contribution in [0.15, 0.2) is 97.1 Å². The predicted octanol–water partition coefficient (Wildman–Crippen LogP) is 6.81. The van der Waals surface area contributed by atoms with E-state index in [4.69, 9.17) is 28.9 Å². The summed E-state index contributed by atoms with van der Waals surface area (Å²) in [5, 5.41) is 77.2. The maximum atomic E-state index is 17.0. The topological polar surface area (TPSA) is 256 Å². The van der Waals surface area contributed by atoms with Crippen LogP contribution in [-0.4, -0.2) is 138 Å². The summed E-state index contributed by atoms with van der Waals surface area (Å²) in [6.45, 7) is -4.10. The SMILES string of the molecule is OCC(O)COc1ccc(-c2c3nc(c(-c4cccc(OCC(O)CO)c4F)c4nc(c(-c5ccc(OCC(O)CO)c(F)c5)c5ccc([nH]5)c(-c5ccc(OCC(O)CO)c(F)c5)c5ccc2[nH]5)C=C4)C=C3)cc1F. The molecule has 0 saturated carbocycles. The molecule has 16 nitrogen and oxygen atoms in total. The Hall–Kier alpha value is -7.92. The highest BCUT2D eigenvalue weighted by molar-refractivity contribution is 6.00. The largest absolute Gasteiger partial charge is 0.488 e. The second-order valence-corrected chi connectivity index (χ2v) is 17.6. The Balaban J connectivity index is 1.36. The number of aromatic amines is 2. The number of nitrogens with one attached hydrogen (secondary N) is 2. The molecule has 4 aromatic carbocycles. The van der Waals surface area contributed by atoms with Crippen LogP contribution in [0.25, 0.3) is 90.9 Å². The molecule has 5 heterocycles. The fraction of sp³-hybridized carbons (Fsp3) is 0.214. The number of hydrogen-bond donors (Lipinski definition) is 10. The normalized spacial score (nSPS) is 13.6. The summed E-state index contributed by atoms with van der Waals surface area (Å²) >= 11 is 0. The van der Waals surface area contributed by atoms with Crippen LogP contribution in [0.2, 0.25) is 0 Å². The molecule has 20 heteroatoms. The van der Waals surface area contributed by atoms with E-state index < -0.39 is 101 Å². The van der Waals surface area contributed by atoms with E-state index in [0.717, 1.165) is 0 Å². The summed E-state index contributed by atoms with van der Waals surface area (Å²) in [6.07, 6.45) is 1.36. The van der Waals surface area contributed by atoms with Crippen LogP contribution in [0.1, 0.15) is 22.8 Å². The molecule has 3 aromatic heterocycles. The van der Waals surface area contributed by atoms with E-state index in [9.17, 15) is 40.9 Å². The lowest BCUT2D eigenvalue weighted by Gasteiger charge is -2.13. The lowest BCUT2D eigenvalue weighted by atomic mass is 10.0. The molecule has 0 radical (unpaired) electrons. The predicted molar refractivity (Wildman–Crippen MR) is 275 cm³/mol. The number of halogens is 4. The molecule has 2 aliphatic rings. The Morgan fingerprint density at radius 2 is 0.724 bits per heavy atom. The standard InChI is InChI=1S/C56H50F4N4O12/c57-37-18-29(4-15-48(37)73-25-32(69)21-65)52-40-7-9-42(61-40)53(30-5-16-49(38(58)19-30)74-26-33(70)22-66)44-11-13-46(63-44)55(36-2-1-3-51(56(36)60)76-28-35(72)24-68)47-14-12-45(64-47)54(43-10-8-41(52)62-43)31-6-17-50(39(59)20-31)75-27-34(71)23-67/h1-20,32-35,61-62,65-72H,21-28H2. The molecule has 10 N–H and O–H groups in total. The van der Waals surface area contributed by atoms with E-state index >= 15 is 17.6 Å². The van der Waals surface area contributed by atoms with Gasteiger partial charge in [0.05, 0.1) is 49.2 Å². The van der Waals surface area contributed by atoms with Crippen molar-refractivity contribution in [3.63, 3.8) is 0 Å². The first kappa shape index (κ1) is 52.9. The van der Waals surface area contributed by atoms with E-state index in [-0.39, 0.29) is 68.0 Å². The molecular formula is C56H50F4N4O12. The molecule has 4 unspecified atom stereocenters. The van der Waals surface area contributed by atoms with Gasteiger partial charge in [0.1, 0.15) is 50.8 Å². The maximum absolute atomic E-state index is 17.0. The van der Waals surface area contributed by atoms with Gasteiger partial charge < -0.3 is 69.8 Å². The van der Waals surface area contributed by atoms with Crippen molar-refractivity contribution >= 4 is 46.4 Å². The Morgan fingerprint density at radius 1 is 0.395 bits per heavy atom. The number of aliphatic hydroxyl groups is 8. The third-order valence-electron chi connectivity index (χ3n) is 12.2. The van der Waals surface area contributed by atoms with Crippen molar-refractivity contribution in [1.29, 1.82) is 0 Å². The van der Waals surface area contributed by atoms with E-state index in [1.807, 2.05) is 0 Å². The Morgan fingerprint density at radius 3 is 1.08 bits per heavy atom. The maximum Gasteiger partial charge on any atom is 0.173 e. The molecule has 2 aliphatic heterocycles. The van der Waals surface area contributed by atoms with Crippen molar-refractivity contribution in [2.75, 3.05) is 52.9 Å². The van der Waals surface area contributed by atoms with Crippen LogP contribution in [0.4, 0.5) is 17.6 Å². The minimum absolute atomic E-state index is 0.0403. The smallest absolute Gasteiger partial charge is 0.173 e. The fourth-order valence-electron chi connectivity index (χ4n) is 8.49. The van der Waals surface area contributed by atoms with Gasteiger partial charge in [-0.1, -0.05) is 30.3 Å². The highest BCUT2D eigenvalue weighted by atomic mass is 19.1. The molecular weight excluding hydrogens is 997 g/mol. The summed E-state index contributed by atoms with van der Waals surface area (Å²) < 4.78 is 87.2. The number of rotatable bonds is 20. The number of benzene rings is 4. The quantitative estimate of drug-likeness (QED) is 0.0352. The molecule has 0 fully saturated rings. The van der Waals surface area contributed by atoms with E-state index in [1.54, 1.807) is 66.8 Å². The summed E-state index contributed by atoms with van der Waals surface area (Å²) in [5.41, 5.74) is 4.43. The third kappa shape index (κ3) is 11.3. The zero-order valence-electron chi connectivity index (χ0n) is 40.1. The number of hydrogen-bond acceptors (Lipinski definition) is 14. The van der Waals surface area contributed by atoms with Gasteiger partial charge in [0.2, 0.25) is 0 Å². The Bertz CT molecular complexity index is 3350. The molecule has 0 spiro atoms. The number of ether oxygens (including phenoxy) is 4. The second-order valence-electron chi connectivity index (χ2n) is 17.6. The van der Waals surface area contributed by atoms with Crippen molar-refractivity contribution in [1.82, 2.24) is 19.9 Å². The monoisotopic (exact) mass is 1050 g/mol. The van der Waals surface area contributed by atoms with E-state index in [1.165, 1.54) is 54.6 Å². The minimum Gasteiger partial charge on any atom is -0.488 e. The number of nitrogens with zero attached hydrogens (tertiary/aromatic N) is 2. The Labute approximate surface area is 430 Å². The fourth-order valence-corrected chi connectivity index (χ4v) is 8.49. The first-order valence-electron chi connectivity index (χ1n) is 23.8. The van der Waals surface area contributed by atoms with Gasteiger partial charge in [0.15, 0.2) is 46.3 Å². The molecule has 8 bridgehead atoms.